The van der Waals surface area contributed by atoms with Crippen LogP contribution in [0.1, 0.15) is 30.4 Å². The average Bonchev–Trinajstić information content (AvgIpc) is 2.81. The smallest absolute Gasteiger partial charge is 0.246 e. The monoisotopic (exact) mass is 271 g/mol. The molecule has 0 bridgehead atoms. The summed E-state index contributed by atoms with van der Waals surface area (Å²) in [4.78, 5) is 6.64. The van der Waals surface area contributed by atoms with Gasteiger partial charge in [0.1, 0.15) is 0 Å². The highest BCUT2D eigenvalue weighted by Gasteiger charge is 2.16. The first-order valence-corrected chi connectivity index (χ1v) is 7.23. The normalized spacial score (nSPS) is 15.6. The maximum Gasteiger partial charge on any atom is 0.246 e. The molecule has 2 N–H and O–H groups in total. The van der Waals surface area contributed by atoms with Crippen LogP contribution in [0.25, 0.3) is 0 Å². The van der Waals surface area contributed by atoms with Crippen molar-refractivity contribution in [2.24, 2.45) is 0 Å². The van der Waals surface area contributed by atoms with Crippen LogP contribution in [0.2, 0.25) is 0 Å². The zero-order valence-corrected chi connectivity index (χ0v) is 11.9. The molecule has 0 atom stereocenters. The Balaban J connectivity index is 1.78. The van der Waals surface area contributed by atoms with Crippen molar-refractivity contribution < 1.29 is 0 Å². The Bertz CT molecular complexity index is 584. The topological polar surface area (TPSA) is 60.0 Å². The molecule has 2 heterocycles. The molecular formula is C15H21N5. The standard InChI is InChI=1S/C15H21N5/c1-12-6-5-7-13(10-12)11-20-14(16)17-15(18-20)19-8-3-2-4-9-19/h5-7,10H,2-4,8-9,11H2,1H3,(H2,16,17,18). The fraction of sp³-hybridized carbons (Fsp3) is 0.467. The van der Waals surface area contributed by atoms with Gasteiger partial charge in [0.15, 0.2) is 0 Å². The first-order chi connectivity index (χ1) is 9.72. The molecule has 1 aliphatic rings. The van der Waals surface area contributed by atoms with Crippen molar-refractivity contribution in [3.63, 3.8) is 0 Å². The lowest BCUT2D eigenvalue weighted by Crippen LogP contribution is -2.30. The van der Waals surface area contributed by atoms with Crippen LogP contribution in [-0.4, -0.2) is 27.9 Å². The average molecular weight is 271 g/mol. The molecule has 0 spiro atoms. The summed E-state index contributed by atoms with van der Waals surface area (Å²) in [7, 11) is 0. The van der Waals surface area contributed by atoms with Crippen molar-refractivity contribution in [3.8, 4) is 0 Å². The van der Waals surface area contributed by atoms with E-state index in [-0.39, 0.29) is 0 Å². The molecule has 1 fully saturated rings. The van der Waals surface area contributed by atoms with Crippen molar-refractivity contribution in [1.82, 2.24) is 14.8 Å². The number of nitrogen functional groups attached to an aromatic ring is 1. The quantitative estimate of drug-likeness (QED) is 0.929. The van der Waals surface area contributed by atoms with Crippen molar-refractivity contribution in [2.75, 3.05) is 23.7 Å². The zero-order chi connectivity index (χ0) is 13.9. The van der Waals surface area contributed by atoms with Gasteiger partial charge in [-0.05, 0) is 31.7 Å². The number of hydrogen-bond acceptors (Lipinski definition) is 4. The predicted octanol–water partition coefficient (Wildman–Crippen LogP) is 2.21. The Hall–Kier alpha value is -2.04. The molecule has 1 aromatic heterocycles. The Morgan fingerprint density at radius 1 is 1.20 bits per heavy atom. The minimum atomic E-state index is 0.493. The van der Waals surface area contributed by atoms with Gasteiger partial charge in [-0.2, -0.15) is 4.98 Å². The van der Waals surface area contributed by atoms with Gasteiger partial charge in [-0.15, -0.1) is 5.10 Å². The van der Waals surface area contributed by atoms with Crippen LogP contribution in [0.3, 0.4) is 0 Å². The van der Waals surface area contributed by atoms with Crippen LogP contribution in [0.4, 0.5) is 11.9 Å². The fourth-order valence-corrected chi connectivity index (χ4v) is 2.67. The fourth-order valence-electron chi connectivity index (χ4n) is 2.67. The van der Waals surface area contributed by atoms with Crippen molar-refractivity contribution in [2.45, 2.75) is 32.7 Å². The molecule has 0 radical (unpaired) electrons. The number of aromatic nitrogens is 3. The van der Waals surface area contributed by atoms with Gasteiger partial charge in [0, 0.05) is 13.1 Å². The number of aryl methyl sites for hydroxylation is 1. The SMILES string of the molecule is Cc1cccc(Cn2nc(N3CCCCC3)nc2N)c1. The lowest BCUT2D eigenvalue weighted by Gasteiger charge is -2.24. The largest absolute Gasteiger partial charge is 0.368 e. The summed E-state index contributed by atoms with van der Waals surface area (Å²) in [6.45, 7) is 4.84. The van der Waals surface area contributed by atoms with E-state index >= 15 is 0 Å². The number of hydrogen-bond donors (Lipinski definition) is 1. The Morgan fingerprint density at radius 3 is 2.75 bits per heavy atom. The number of benzene rings is 1. The van der Waals surface area contributed by atoms with Crippen LogP contribution < -0.4 is 10.6 Å². The second-order valence-corrected chi connectivity index (χ2v) is 5.46. The molecule has 0 aliphatic carbocycles. The summed E-state index contributed by atoms with van der Waals surface area (Å²) >= 11 is 0. The van der Waals surface area contributed by atoms with Crippen LogP contribution in [-0.2, 0) is 6.54 Å². The van der Waals surface area contributed by atoms with E-state index in [2.05, 4.69) is 46.2 Å². The Morgan fingerprint density at radius 2 is 2.00 bits per heavy atom. The van der Waals surface area contributed by atoms with Crippen molar-refractivity contribution in [1.29, 1.82) is 0 Å². The molecule has 0 amide bonds. The predicted molar refractivity (Wildman–Crippen MR) is 80.8 cm³/mol. The molecule has 5 heteroatoms. The third-order valence-corrected chi connectivity index (χ3v) is 3.74. The van der Waals surface area contributed by atoms with Crippen LogP contribution in [0, 0.1) is 6.92 Å². The van der Waals surface area contributed by atoms with Gasteiger partial charge in [-0.1, -0.05) is 29.8 Å². The van der Waals surface area contributed by atoms with Gasteiger partial charge in [-0.25, -0.2) is 4.68 Å². The van der Waals surface area contributed by atoms with Crippen molar-refractivity contribution in [3.05, 3.63) is 35.4 Å². The van der Waals surface area contributed by atoms with E-state index < -0.39 is 0 Å². The molecule has 2 aromatic rings. The van der Waals surface area contributed by atoms with Gasteiger partial charge in [0.2, 0.25) is 11.9 Å². The number of nitrogens with zero attached hydrogens (tertiary/aromatic N) is 4. The molecular weight excluding hydrogens is 250 g/mol. The minimum Gasteiger partial charge on any atom is -0.368 e. The van der Waals surface area contributed by atoms with Crippen LogP contribution in [0.15, 0.2) is 24.3 Å². The van der Waals surface area contributed by atoms with E-state index in [4.69, 9.17) is 5.73 Å². The minimum absolute atomic E-state index is 0.493. The zero-order valence-electron chi connectivity index (χ0n) is 11.9. The summed E-state index contributed by atoms with van der Waals surface area (Å²) in [6, 6.07) is 8.40. The van der Waals surface area contributed by atoms with E-state index in [0.29, 0.717) is 12.5 Å². The van der Waals surface area contributed by atoms with E-state index in [1.54, 1.807) is 4.68 Å². The molecule has 20 heavy (non-hydrogen) atoms. The second-order valence-electron chi connectivity index (χ2n) is 5.46. The van der Waals surface area contributed by atoms with E-state index in [9.17, 15) is 0 Å². The van der Waals surface area contributed by atoms with Gasteiger partial charge in [0.05, 0.1) is 6.54 Å². The van der Waals surface area contributed by atoms with E-state index in [1.165, 1.54) is 30.4 Å². The third-order valence-electron chi connectivity index (χ3n) is 3.74. The Labute approximate surface area is 119 Å². The highest BCUT2D eigenvalue weighted by molar-refractivity contribution is 5.36. The van der Waals surface area contributed by atoms with Gasteiger partial charge >= 0.3 is 0 Å². The highest BCUT2D eigenvalue weighted by atomic mass is 15.4. The summed E-state index contributed by atoms with van der Waals surface area (Å²) < 4.78 is 1.79. The maximum atomic E-state index is 6.00. The van der Waals surface area contributed by atoms with Gasteiger partial charge in [0.25, 0.3) is 0 Å². The summed E-state index contributed by atoms with van der Waals surface area (Å²) in [5.41, 5.74) is 8.44. The van der Waals surface area contributed by atoms with Gasteiger partial charge in [-0.3, -0.25) is 0 Å². The summed E-state index contributed by atoms with van der Waals surface area (Å²) in [5, 5.41) is 4.56. The molecule has 0 unspecified atom stereocenters. The molecule has 0 saturated carbocycles. The van der Waals surface area contributed by atoms with Crippen molar-refractivity contribution >= 4 is 11.9 Å². The molecule has 1 aromatic carbocycles. The third kappa shape index (κ3) is 2.76. The first-order valence-electron chi connectivity index (χ1n) is 7.23. The lowest BCUT2D eigenvalue weighted by atomic mass is 10.1. The molecule has 106 valence electrons. The summed E-state index contributed by atoms with van der Waals surface area (Å²) in [6.07, 6.45) is 3.73. The molecule has 5 nitrogen and oxygen atoms in total. The van der Waals surface area contributed by atoms with Crippen LogP contribution in [0.5, 0.6) is 0 Å². The number of rotatable bonds is 3. The maximum absolute atomic E-state index is 6.00. The van der Waals surface area contributed by atoms with E-state index in [0.717, 1.165) is 19.0 Å². The molecule has 1 saturated heterocycles. The number of piperidine rings is 1. The number of anilines is 2. The first kappa shape index (κ1) is 13.0. The van der Waals surface area contributed by atoms with E-state index in [1.807, 2.05) is 0 Å². The van der Waals surface area contributed by atoms with Gasteiger partial charge < -0.3 is 10.6 Å². The molecule has 1 aliphatic heterocycles. The van der Waals surface area contributed by atoms with Crippen LogP contribution >= 0.6 is 0 Å². The number of nitrogens with two attached hydrogens (primary N) is 1. The summed E-state index contributed by atoms with van der Waals surface area (Å²) in [5.74, 6) is 1.27. The lowest BCUT2D eigenvalue weighted by molar-refractivity contribution is 0.564. The highest BCUT2D eigenvalue weighted by Crippen LogP contribution is 2.18. The molecule has 3 rings (SSSR count). The Kier molecular flexibility index (Phi) is 3.58. The second kappa shape index (κ2) is 5.53.